The number of hydrogen-bond donors (Lipinski definition) is 1. The Bertz CT molecular complexity index is 718. The summed E-state index contributed by atoms with van der Waals surface area (Å²) in [5, 5.41) is 7.38. The zero-order chi connectivity index (χ0) is 17.1. The molecule has 2 aromatic rings. The second kappa shape index (κ2) is 6.96. The summed E-state index contributed by atoms with van der Waals surface area (Å²) >= 11 is 0. The molecule has 5 nitrogen and oxygen atoms in total. The monoisotopic (exact) mass is 314 g/mol. The van der Waals surface area contributed by atoms with Crippen molar-refractivity contribution in [1.29, 1.82) is 0 Å². The normalized spacial score (nSPS) is 11.1. The van der Waals surface area contributed by atoms with E-state index in [0.29, 0.717) is 13.1 Å². The second-order valence-corrected chi connectivity index (χ2v) is 6.29. The number of carbonyl (C=O) groups is 1. The molecule has 0 saturated carbocycles. The van der Waals surface area contributed by atoms with Gasteiger partial charge in [0.2, 0.25) is 5.91 Å². The molecule has 5 heteroatoms. The predicted octanol–water partition coefficient (Wildman–Crippen LogP) is 2.72. The van der Waals surface area contributed by atoms with E-state index in [1.807, 2.05) is 55.7 Å². The van der Waals surface area contributed by atoms with Crippen LogP contribution in [0.5, 0.6) is 0 Å². The highest BCUT2D eigenvalue weighted by Crippen LogP contribution is 2.15. The summed E-state index contributed by atoms with van der Waals surface area (Å²) in [6.45, 7) is 9.23. The highest BCUT2D eigenvalue weighted by Gasteiger charge is 2.14. The molecule has 0 unspecified atom stereocenters. The summed E-state index contributed by atoms with van der Waals surface area (Å²) in [7, 11) is 3.89. The van der Waals surface area contributed by atoms with Crippen molar-refractivity contribution in [2.45, 2.75) is 34.2 Å². The van der Waals surface area contributed by atoms with Crippen LogP contribution in [0.25, 0.3) is 0 Å². The number of likely N-dealkylation sites (N-methyl/N-ethyl adjacent to an activating group) is 1. The van der Waals surface area contributed by atoms with Crippen LogP contribution in [-0.4, -0.2) is 34.2 Å². The Labute approximate surface area is 138 Å². The van der Waals surface area contributed by atoms with Crippen molar-refractivity contribution < 1.29 is 4.79 Å². The van der Waals surface area contributed by atoms with E-state index in [0.717, 1.165) is 17.1 Å². The van der Waals surface area contributed by atoms with Crippen LogP contribution >= 0.6 is 0 Å². The van der Waals surface area contributed by atoms with Crippen molar-refractivity contribution in [2.75, 3.05) is 18.9 Å². The van der Waals surface area contributed by atoms with Gasteiger partial charge in [-0.2, -0.15) is 5.10 Å². The fraction of sp³-hybridized carbons (Fsp3) is 0.444. The van der Waals surface area contributed by atoms with Gasteiger partial charge in [0.15, 0.2) is 0 Å². The molecule has 0 aliphatic carbocycles. The minimum Gasteiger partial charge on any atom is -0.325 e. The minimum absolute atomic E-state index is 0.00468. The van der Waals surface area contributed by atoms with Crippen LogP contribution in [0.1, 0.15) is 28.1 Å². The quantitative estimate of drug-likeness (QED) is 0.923. The molecule has 1 N–H and O–H groups in total. The maximum Gasteiger partial charge on any atom is 0.238 e. The molecule has 1 heterocycles. The minimum atomic E-state index is -0.00468. The van der Waals surface area contributed by atoms with Crippen molar-refractivity contribution in [3.05, 3.63) is 46.3 Å². The molecular weight excluding hydrogens is 288 g/mol. The van der Waals surface area contributed by atoms with Gasteiger partial charge in [0, 0.05) is 30.5 Å². The van der Waals surface area contributed by atoms with E-state index in [9.17, 15) is 4.79 Å². The third-order valence-electron chi connectivity index (χ3n) is 4.29. The SMILES string of the molecule is Cc1ccc(NC(=O)CN(C)Cc2c(C)nn(C)c2C)cc1C. The summed E-state index contributed by atoms with van der Waals surface area (Å²) in [6.07, 6.45) is 0. The summed E-state index contributed by atoms with van der Waals surface area (Å²) in [6, 6.07) is 5.97. The van der Waals surface area contributed by atoms with Crippen LogP contribution in [-0.2, 0) is 18.4 Å². The van der Waals surface area contributed by atoms with Crippen LogP contribution in [0.4, 0.5) is 5.69 Å². The standard InChI is InChI=1S/C18H26N4O/c1-12-7-8-16(9-13(12)2)19-18(23)11-21(5)10-17-14(3)20-22(6)15(17)4/h7-9H,10-11H2,1-6H3,(H,19,23). The van der Waals surface area contributed by atoms with Gasteiger partial charge < -0.3 is 5.32 Å². The Morgan fingerprint density at radius 2 is 1.91 bits per heavy atom. The number of hydrogen-bond acceptors (Lipinski definition) is 3. The highest BCUT2D eigenvalue weighted by atomic mass is 16.2. The molecule has 1 aromatic carbocycles. The number of nitrogens with one attached hydrogen (secondary N) is 1. The topological polar surface area (TPSA) is 50.2 Å². The average Bonchev–Trinajstić information content (AvgIpc) is 2.69. The Kier molecular flexibility index (Phi) is 5.21. The molecule has 0 spiro atoms. The molecule has 0 aliphatic heterocycles. The van der Waals surface area contributed by atoms with Gasteiger partial charge >= 0.3 is 0 Å². The van der Waals surface area contributed by atoms with E-state index >= 15 is 0 Å². The molecule has 0 aliphatic rings. The predicted molar refractivity (Wildman–Crippen MR) is 93.6 cm³/mol. The second-order valence-electron chi connectivity index (χ2n) is 6.29. The number of benzene rings is 1. The van der Waals surface area contributed by atoms with E-state index in [4.69, 9.17) is 0 Å². The molecule has 0 bridgehead atoms. The van der Waals surface area contributed by atoms with E-state index in [1.165, 1.54) is 16.7 Å². The van der Waals surface area contributed by atoms with Crippen LogP contribution in [0, 0.1) is 27.7 Å². The molecule has 23 heavy (non-hydrogen) atoms. The third kappa shape index (κ3) is 4.20. The van der Waals surface area contributed by atoms with Gasteiger partial charge in [-0.1, -0.05) is 6.07 Å². The molecule has 0 saturated heterocycles. The molecule has 0 radical (unpaired) electrons. The van der Waals surface area contributed by atoms with E-state index in [-0.39, 0.29) is 5.91 Å². The van der Waals surface area contributed by atoms with E-state index in [2.05, 4.69) is 24.3 Å². The van der Waals surface area contributed by atoms with Gasteiger partial charge in [0.1, 0.15) is 0 Å². The average molecular weight is 314 g/mol. The largest absolute Gasteiger partial charge is 0.325 e. The Balaban J connectivity index is 1.95. The maximum absolute atomic E-state index is 12.2. The van der Waals surface area contributed by atoms with Gasteiger partial charge in [0.05, 0.1) is 12.2 Å². The first kappa shape index (κ1) is 17.2. The maximum atomic E-state index is 12.2. The van der Waals surface area contributed by atoms with Crippen LogP contribution in [0.2, 0.25) is 0 Å². The van der Waals surface area contributed by atoms with Crippen LogP contribution in [0.15, 0.2) is 18.2 Å². The fourth-order valence-corrected chi connectivity index (χ4v) is 2.64. The molecule has 0 atom stereocenters. The first-order valence-electron chi connectivity index (χ1n) is 7.82. The van der Waals surface area contributed by atoms with Crippen molar-refractivity contribution in [1.82, 2.24) is 14.7 Å². The number of carbonyl (C=O) groups excluding carboxylic acids is 1. The Morgan fingerprint density at radius 1 is 1.22 bits per heavy atom. The van der Waals surface area contributed by atoms with Gasteiger partial charge in [-0.3, -0.25) is 14.4 Å². The van der Waals surface area contributed by atoms with Gasteiger partial charge in [0.25, 0.3) is 0 Å². The molecule has 0 fully saturated rings. The van der Waals surface area contributed by atoms with Crippen molar-refractivity contribution >= 4 is 11.6 Å². The first-order chi connectivity index (χ1) is 10.8. The number of rotatable bonds is 5. The van der Waals surface area contributed by atoms with Crippen molar-refractivity contribution in [3.63, 3.8) is 0 Å². The number of aryl methyl sites for hydroxylation is 4. The van der Waals surface area contributed by atoms with E-state index in [1.54, 1.807) is 0 Å². The number of nitrogens with zero attached hydrogens (tertiary/aromatic N) is 3. The van der Waals surface area contributed by atoms with Gasteiger partial charge in [-0.25, -0.2) is 0 Å². The van der Waals surface area contributed by atoms with Gasteiger partial charge in [-0.15, -0.1) is 0 Å². The molecule has 1 amide bonds. The number of anilines is 1. The van der Waals surface area contributed by atoms with E-state index < -0.39 is 0 Å². The molecular formula is C18H26N4O. The van der Waals surface area contributed by atoms with Crippen molar-refractivity contribution in [3.8, 4) is 0 Å². The van der Waals surface area contributed by atoms with Crippen LogP contribution < -0.4 is 5.32 Å². The third-order valence-corrected chi connectivity index (χ3v) is 4.29. The zero-order valence-electron chi connectivity index (χ0n) is 14.9. The molecule has 2 rings (SSSR count). The summed E-state index contributed by atoms with van der Waals surface area (Å²) in [5.41, 5.74) is 6.60. The summed E-state index contributed by atoms with van der Waals surface area (Å²) < 4.78 is 1.88. The van der Waals surface area contributed by atoms with Gasteiger partial charge in [-0.05, 0) is 58.0 Å². The summed E-state index contributed by atoms with van der Waals surface area (Å²) in [4.78, 5) is 14.2. The lowest BCUT2D eigenvalue weighted by Gasteiger charge is -2.17. The summed E-state index contributed by atoms with van der Waals surface area (Å²) in [5.74, 6) is -0.00468. The smallest absolute Gasteiger partial charge is 0.238 e. The first-order valence-corrected chi connectivity index (χ1v) is 7.82. The Hall–Kier alpha value is -2.14. The number of aromatic nitrogens is 2. The van der Waals surface area contributed by atoms with Crippen molar-refractivity contribution in [2.24, 2.45) is 7.05 Å². The molecule has 1 aromatic heterocycles. The lowest BCUT2D eigenvalue weighted by atomic mass is 10.1. The van der Waals surface area contributed by atoms with Crippen LogP contribution in [0.3, 0.4) is 0 Å². The molecule has 124 valence electrons. The Morgan fingerprint density at radius 3 is 2.48 bits per heavy atom. The zero-order valence-corrected chi connectivity index (χ0v) is 14.9. The lowest BCUT2D eigenvalue weighted by molar-refractivity contribution is -0.117. The highest BCUT2D eigenvalue weighted by molar-refractivity contribution is 5.92. The fourth-order valence-electron chi connectivity index (χ4n) is 2.64. The number of amides is 1. The lowest BCUT2D eigenvalue weighted by Crippen LogP contribution is -2.30.